The number of hydrogen-bond acceptors (Lipinski definition) is 4. The minimum Gasteiger partial charge on any atom is -0.496 e. The summed E-state index contributed by atoms with van der Waals surface area (Å²) in [5.41, 5.74) is 3.83. The first kappa shape index (κ1) is 16.7. The molecule has 2 aromatic rings. The van der Waals surface area contributed by atoms with Gasteiger partial charge in [-0.15, -0.1) is 0 Å². The smallest absolute Gasteiger partial charge is 0.150 e. The van der Waals surface area contributed by atoms with E-state index in [4.69, 9.17) is 4.74 Å². The molecule has 3 heterocycles. The Labute approximate surface area is 159 Å². The molecule has 4 bridgehead atoms. The monoisotopic (exact) mass is 361 g/mol. The summed E-state index contributed by atoms with van der Waals surface area (Å²) in [7, 11) is 1.71. The first-order valence-electron chi connectivity index (χ1n) is 9.63. The lowest BCUT2D eigenvalue weighted by Crippen LogP contribution is -2.64. The molecule has 0 radical (unpaired) electrons. The van der Waals surface area contributed by atoms with E-state index in [1.54, 1.807) is 7.11 Å². The van der Waals surface area contributed by atoms with Gasteiger partial charge in [-0.25, -0.2) is 0 Å². The van der Waals surface area contributed by atoms with Crippen molar-refractivity contribution in [2.75, 3.05) is 26.7 Å². The van der Waals surface area contributed by atoms with Gasteiger partial charge in [0.1, 0.15) is 11.5 Å². The normalized spacial score (nSPS) is 31.1. The van der Waals surface area contributed by atoms with Gasteiger partial charge in [0.15, 0.2) is 6.29 Å². The van der Waals surface area contributed by atoms with Gasteiger partial charge in [-0.1, -0.05) is 30.3 Å². The van der Waals surface area contributed by atoms with Crippen LogP contribution in [0.25, 0.3) is 11.1 Å². The van der Waals surface area contributed by atoms with E-state index in [0.29, 0.717) is 11.3 Å². The van der Waals surface area contributed by atoms with Crippen LogP contribution < -0.4 is 4.74 Å². The molecule has 0 N–H and O–H groups in total. The summed E-state index contributed by atoms with van der Waals surface area (Å²) in [5.74, 6) is 1.66. The predicted molar refractivity (Wildman–Crippen MR) is 103 cm³/mol. The first-order chi connectivity index (χ1) is 13.1. The van der Waals surface area contributed by atoms with E-state index in [0.717, 1.165) is 55.6 Å². The van der Waals surface area contributed by atoms with Crippen molar-refractivity contribution < 1.29 is 14.3 Å². The van der Waals surface area contributed by atoms with Gasteiger partial charge in [0, 0.05) is 48.0 Å². The van der Waals surface area contributed by atoms with E-state index in [-0.39, 0.29) is 17.3 Å². The summed E-state index contributed by atoms with van der Waals surface area (Å²) >= 11 is 0. The van der Waals surface area contributed by atoms with Crippen LogP contribution in [0.15, 0.2) is 42.5 Å². The molecule has 4 nitrogen and oxygen atoms in total. The van der Waals surface area contributed by atoms with Crippen LogP contribution in [0, 0.1) is 11.8 Å². The Balaban J connectivity index is 1.64. The van der Waals surface area contributed by atoms with Crippen LogP contribution >= 0.6 is 0 Å². The number of methoxy groups -OCH3 is 1. The van der Waals surface area contributed by atoms with Crippen LogP contribution in [0.1, 0.15) is 28.8 Å². The van der Waals surface area contributed by atoms with Crippen LogP contribution in [0.4, 0.5) is 0 Å². The van der Waals surface area contributed by atoms with Crippen molar-refractivity contribution in [3.05, 3.63) is 53.6 Å². The summed E-state index contributed by atoms with van der Waals surface area (Å²) in [6, 6.07) is 13.9. The maximum absolute atomic E-state index is 12.6. The second-order valence-corrected chi connectivity index (χ2v) is 8.30. The highest BCUT2D eigenvalue weighted by molar-refractivity contribution is 5.88. The van der Waals surface area contributed by atoms with Crippen LogP contribution in [0.3, 0.4) is 0 Å². The van der Waals surface area contributed by atoms with Gasteiger partial charge in [0.05, 0.1) is 7.11 Å². The molecule has 3 aliphatic heterocycles. The molecule has 138 valence electrons. The highest BCUT2D eigenvalue weighted by Gasteiger charge is 2.55. The molecule has 1 aliphatic carbocycles. The van der Waals surface area contributed by atoms with Gasteiger partial charge < -0.3 is 9.64 Å². The number of aldehydes is 1. The molecule has 4 aliphatic rings. The molecule has 3 saturated heterocycles. The molecule has 0 spiro atoms. The quantitative estimate of drug-likeness (QED) is 0.784. The Morgan fingerprint density at radius 2 is 1.85 bits per heavy atom. The minimum atomic E-state index is -0.0305. The molecular formula is C23H23NO3. The van der Waals surface area contributed by atoms with Gasteiger partial charge in [-0.3, -0.25) is 9.59 Å². The number of ketones is 1. The maximum Gasteiger partial charge on any atom is 0.150 e. The number of Topliss-reactive ketones (excluding diaryl/α,β-unsaturated/α-hetero) is 1. The SMILES string of the molecule is COc1ccc(-c2ccccc2C=O)cc1C12CC3CN(CC(C1)C3=O)C2. The third kappa shape index (κ3) is 2.47. The Morgan fingerprint density at radius 3 is 2.56 bits per heavy atom. The fourth-order valence-electron chi connectivity index (χ4n) is 5.71. The van der Waals surface area contributed by atoms with Gasteiger partial charge in [-0.2, -0.15) is 0 Å². The van der Waals surface area contributed by atoms with Crippen molar-refractivity contribution in [3.63, 3.8) is 0 Å². The van der Waals surface area contributed by atoms with Crippen molar-refractivity contribution in [1.82, 2.24) is 4.90 Å². The van der Waals surface area contributed by atoms with E-state index in [9.17, 15) is 9.59 Å². The highest BCUT2D eigenvalue weighted by Crippen LogP contribution is 2.53. The van der Waals surface area contributed by atoms with Crippen molar-refractivity contribution in [1.29, 1.82) is 0 Å². The number of carbonyl (C=O) groups excluding carboxylic acids is 2. The van der Waals surface area contributed by atoms with Crippen molar-refractivity contribution in [2.45, 2.75) is 18.3 Å². The van der Waals surface area contributed by atoms with Gasteiger partial charge in [-0.05, 0) is 36.1 Å². The lowest BCUT2D eigenvalue weighted by Gasteiger charge is -2.57. The Morgan fingerprint density at radius 1 is 1.11 bits per heavy atom. The number of ether oxygens (including phenoxy) is 1. The molecule has 0 amide bonds. The summed E-state index contributed by atoms with van der Waals surface area (Å²) in [4.78, 5) is 26.5. The molecule has 6 rings (SSSR count). The molecule has 2 aromatic carbocycles. The van der Waals surface area contributed by atoms with E-state index in [1.807, 2.05) is 36.4 Å². The summed E-state index contributed by atoms with van der Waals surface area (Å²) in [6.45, 7) is 2.81. The first-order valence-corrected chi connectivity index (χ1v) is 9.63. The van der Waals surface area contributed by atoms with Gasteiger partial charge >= 0.3 is 0 Å². The van der Waals surface area contributed by atoms with E-state index in [1.165, 1.54) is 5.56 Å². The number of piperidine rings is 3. The maximum atomic E-state index is 12.6. The minimum absolute atomic E-state index is 0.0305. The molecule has 2 atom stereocenters. The summed E-state index contributed by atoms with van der Waals surface area (Å²) in [6.07, 6.45) is 2.73. The predicted octanol–water partition coefficient (Wildman–Crippen LogP) is 3.34. The second-order valence-electron chi connectivity index (χ2n) is 8.30. The lowest BCUT2D eigenvalue weighted by molar-refractivity contribution is -0.145. The second kappa shape index (κ2) is 6.03. The number of rotatable bonds is 4. The summed E-state index contributed by atoms with van der Waals surface area (Å²) in [5, 5.41) is 0. The Bertz CT molecular complexity index is 917. The number of carbonyl (C=O) groups is 2. The molecule has 0 aromatic heterocycles. The lowest BCUT2D eigenvalue weighted by atomic mass is 9.56. The Kier molecular flexibility index (Phi) is 3.73. The molecular weight excluding hydrogens is 338 g/mol. The van der Waals surface area contributed by atoms with Crippen LogP contribution in [-0.4, -0.2) is 43.7 Å². The van der Waals surface area contributed by atoms with Gasteiger partial charge in [0.2, 0.25) is 0 Å². The Hall–Kier alpha value is -2.46. The fourth-order valence-corrected chi connectivity index (χ4v) is 5.71. The zero-order valence-electron chi connectivity index (χ0n) is 15.5. The average Bonchev–Trinajstić information content (AvgIpc) is 2.70. The standard InChI is InChI=1S/C23H23NO3/c1-27-21-7-6-15(19-5-3-2-4-16(19)13-25)8-20(21)23-9-17-11-24(14-23)12-18(10-23)22(17)26/h2-8,13,17-18H,9-12,14H2,1H3. The van der Waals surface area contributed by atoms with Crippen LogP contribution in [0.5, 0.6) is 5.75 Å². The van der Waals surface area contributed by atoms with Gasteiger partial charge in [0.25, 0.3) is 0 Å². The average molecular weight is 361 g/mol. The topological polar surface area (TPSA) is 46.6 Å². The van der Waals surface area contributed by atoms with E-state index < -0.39 is 0 Å². The van der Waals surface area contributed by atoms with Crippen molar-refractivity contribution in [3.8, 4) is 16.9 Å². The summed E-state index contributed by atoms with van der Waals surface area (Å²) < 4.78 is 5.74. The van der Waals surface area contributed by atoms with E-state index in [2.05, 4.69) is 11.0 Å². The third-order valence-electron chi connectivity index (χ3n) is 6.73. The van der Waals surface area contributed by atoms with Crippen molar-refractivity contribution >= 4 is 12.1 Å². The fraction of sp³-hybridized carbons (Fsp3) is 0.391. The number of hydrogen-bond donors (Lipinski definition) is 0. The molecule has 1 saturated carbocycles. The third-order valence-corrected chi connectivity index (χ3v) is 6.73. The highest BCUT2D eigenvalue weighted by atomic mass is 16.5. The zero-order chi connectivity index (χ0) is 18.6. The molecule has 4 fully saturated rings. The number of nitrogens with zero attached hydrogens (tertiary/aromatic N) is 1. The number of benzene rings is 2. The molecule has 4 heteroatoms. The van der Waals surface area contributed by atoms with Crippen LogP contribution in [-0.2, 0) is 10.2 Å². The molecule has 27 heavy (non-hydrogen) atoms. The molecule has 2 unspecified atom stereocenters. The van der Waals surface area contributed by atoms with E-state index >= 15 is 0 Å². The zero-order valence-corrected chi connectivity index (χ0v) is 15.5. The van der Waals surface area contributed by atoms with Crippen LogP contribution in [0.2, 0.25) is 0 Å². The van der Waals surface area contributed by atoms with Crippen molar-refractivity contribution in [2.24, 2.45) is 11.8 Å². The largest absolute Gasteiger partial charge is 0.496 e.